The molecule has 1 N–H and O–H groups in total. The van der Waals surface area contributed by atoms with Crippen LogP contribution in [0.5, 0.6) is 5.75 Å². The highest BCUT2D eigenvalue weighted by molar-refractivity contribution is 7.89. The fraction of sp³-hybridized carbons (Fsp3) is 0.286. The first-order chi connectivity index (χ1) is 16.0. The largest absolute Gasteiger partial charge is 0.573 e. The summed E-state index contributed by atoms with van der Waals surface area (Å²) in [5.41, 5.74) is 1.69. The van der Waals surface area contributed by atoms with Crippen LogP contribution < -0.4 is 9.46 Å². The van der Waals surface area contributed by atoms with E-state index in [1.54, 1.807) is 18.1 Å². The van der Waals surface area contributed by atoms with E-state index >= 15 is 0 Å². The summed E-state index contributed by atoms with van der Waals surface area (Å²) in [5.74, 6) is -0.823. The molecule has 0 spiro atoms. The van der Waals surface area contributed by atoms with Crippen LogP contribution in [-0.2, 0) is 14.8 Å². The van der Waals surface area contributed by atoms with E-state index in [0.29, 0.717) is 0 Å². The summed E-state index contributed by atoms with van der Waals surface area (Å²) in [7, 11) is -2.39. The normalized spacial score (nSPS) is 12.9. The van der Waals surface area contributed by atoms with Crippen molar-refractivity contribution in [1.29, 1.82) is 0 Å². The van der Waals surface area contributed by atoms with Gasteiger partial charge in [0.05, 0.1) is 16.6 Å². The third-order valence-corrected chi connectivity index (χ3v) is 6.51. The Balaban J connectivity index is 1.53. The second kappa shape index (κ2) is 10.2. The molecule has 34 heavy (non-hydrogen) atoms. The van der Waals surface area contributed by atoms with Crippen LogP contribution in [0.2, 0.25) is 0 Å². The Kier molecular flexibility index (Phi) is 7.57. The van der Waals surface area contributed by atoms with Crippen LogP contribution in [0.15, 0.2) is 66.1 Å². The van der Waals surface area contributed by atoms with E-state index in [1.165, 1.54) is 11.2 Å². The number of amides is 1. The fourth-order valence-corrected chi connectivity index (χ4v) is 4.09. The molecular formula is C21H22F3N5O4S. The van der Waals surface area contributed by atoms with Crippen molar-refractivity contribution >= 4 is 15.9 Å². The molecule has 3 aromatic rings. The molecule has 13 heteroatoms. The van der Waals surface area contributed by atoms with Gasteiger partial charge in [0.2, 0.25) is 15.9 Å². The highest BCUT2D eigenvalue weighted by atomic mass is 32.2. The molecule has 1 amide bonds. The highest BCUT2D eigenvalue weighted by Gasteiger charge is 2.31. The van der Waals surface area contributed by atoms with Crippen LogP contribution in [0.3, 0.4) is 0 Å². The summed E-state index contributed by atoms with van der Waals surface area (Å²) in [6.45, 7) is 1.67. The zero-order valence-corrected chi connectivity index (χ0v) is 19.0. The number of sulfonamides is 1. The molecule has 9 nitrogen and oxygen atoms in total. The predicted octanol–water partition coefficient (Wildman–Crippen LogP) is 3.05. The van der Waals surface area contributed by atoms with Crippen molar-refractivity contribution in [3.8, 4) is 11.4 Å². The van der Waals surface area contributed by atoms with Crippen LogP contribution in [0, 0.1) is 0 Å². The van der Waals surface area contributed by atoms with Crippen molar-refractivity contribution in [3.63, 3.8) is 0 Å². The van der Waals surface area contributed by atoms with Crippen LogP contribution in [0.25, 0.3) is 5.69 Å². The van der Waals surface area contributed by atoms with Crippen molar-refractivity contribution in [2.24, 2.45) is 0 Å². The first-order valence-electron chi connectivity index (χ1n) is 10.0. The van der Waals surface area contributed by atoms with E-state index in [0.717, 1.165) is 35.5 Å². The standard InChI is InChI=1S/C21H22F3N5O4S/c1-15(16-3-5-17(6-4-16)29-14-25-13-26-29)28(2)20(30)11-12-27-34(31,32)19-9-7-18(8-10-19)33-21(22,23)24/h3-10,13-15,27H,11-12H2,1-2H3/t15-/m1/s1. The SMILES string of the molecule is C[C@H](c1ccc(-n2cncn2)cc1)N(C)C(=O)CCNS(=O)(=O)c1ccc(OC(F)(F)F)cc1. The number of rotatable bonds is 9. The van der Waals surface area contributed by atoms with Gasteiger partial charge < -0.3 is 9.64 Å². The number of halogens is 3. The maximum atomic E-state index is 12.6. The maximum Gasteiger partial charge on any atom is 0.573 e. The monoisotopic (exact) mass is 497 g/mol. The van der Waals surface area contributed by atoms with Crippen molar-refractivity contribution in [2.75, 3.05) is 13.6 Å². The Morgan fingerprint density at radius 3 is 2.35 bits per heavy atom. The number of benzene rings is 2. The molecule has 2 aromatic carbocycles. The summed E-state index contributed by atoms with van der Waals surface area (Å²) in [6.07, 6.45) is -1.98. The second-order valence-electron chi connectivity index (χ2n) is 7.28. The van der Waals surface area contributed by atoms with Gasteiger partial charge in [-0.2, -0.15) is 5.10 Å². The third kappa shape index (κ3) is 6.54. The number of hydrogen-bond donors (Lipinski definition) is 1. The van der Waals surface area contributed by atoms with E-state index in [9.17, 15) is 26.4 Å². The van der Waals surface area contributed by atoms with Crippen LogP contribution >= 0.6 is 0 Å². The number of nitrogens with zero attached hydrogens (tertiary/aromatic N) is 4. The average Bonchev–Trinajstić information content (AvgIpc) is 3.32. The van der Waals surface area contributed by atoms with E-state index in [4.69, 9.17) is 0 Å². The average molecular weight is 497 g/mol. The van der Waals surface area contributed by atoms with Crippen molar-refractivity contribution < 1.29 is 31.1 Å². The van der Waals surface area contributed by atoms with E-state index in [2.05, 4.69) is 19.5 Å². The maximum absolute atomic E-state index is 12.6. The van der Waals surface area contributed by atoms with Gasteiger partial charge in [-0.15, -0.1) is 13.2 Å². The summed E-state index contributed by atoms with van der Waals surface area (Å²) < 4.78 is 69.0. The predicted molar refractivity (Wildman–Crippen MR) is 115 cm³/mol. The molecule has 0 radical (unpaired) electrons. The number of hydrogen-bond acceptors (Lipinski definition) is 6. The Bertz CT molecular complexity index is 1200. The summed E-state index contributed by atoms with van der Waals surface area (Å²) in [5, 5.41) is 4.05. The van der Waals surface area contributed by atoms with Gasteiger partial charge in [0.15, 0.2) is 0 Å². The summed E-state index contributed by atoms with van der Waals surface area (Å²) in [4.78, 5) is 17.7. The Morgan fingerprint density at radius 2 is 1.79 bits per heavy atom. The van der Waals surface area contributed by atoms with Gasteiger partial charge >= 0.3 is 6.36 Å². The zero-order chi connectivity index (χ0) is 24.9. The van der Waals surface area contributed by atoms with Crippen molar-refractivity contribution in [1.82, 2.24) is 24.4 Å². The van der Waals surface area contributed by atoms with Gasteiger partial charge in [-0.1, -0.05) is 12.1 Å². The lowest BCUT2D eigenvalue weighted by atomic mass is 10.1. The Labute approximate surface area is 194 Å². The van der Waals surface area contributed by atoms with Gasteiger partial charge in [-0.25, -0.2) is 22.8 Å². The third-order valence-electron chi connectivity index (χ3n) is 5.03. The second-order valence-corrected chi connectivity index (χ2v) is 9.05. The number of alkyl halides is 3. The van der Waals surface area contributed by atoms with Crippen LogP contribution in [0.1, 0.15) is 24.9 Å². The topological polar surface area (TPSA) is 106 Å². The molecule has 0 fully saturated rings. The summed E-state index contributed by atoms with van der Waals surface area (Å²) in [6, 6.07) is 10.9. The number of carbonyl (C=O) groups excluding carboxylic acids is 1. The van der Waals surface area contributed by atoms with Crippen molar-refractivity contribution in [2.45, 2.75) is 30.6 Å². The van der Waals surface area contributed by atoms with Crippen LogP contribution in [-0.4, -0.2) is 53.9 Å². The Hall–Kier alpha value is -3.45. The van der Waals surface area contributed by atoms with Crippen LogP contribution in [0.4, 0.5) is 13.2 Å². The molecule has 0 saturated heterocycles. The van der Waals surface area contributed by atoms with Gasteiger partial charge in [0, 0.05) is 20.0 Å². The molecule has 1 atom stereocenters. The van der Waals surface area contributed by atoms with E-state index in [-0.39, 0.29) is 29.8 Å². The minimum atomic E-state index is -4.87. The number of aromatic nitrogens is 3. The molecule has 1 aromatic heterocycles. The van der Waals surface area contributed by atoms with Gasteiger partial charge in [-0.05, 0) is 48.9 Å². The molecule has 0 aliphatic heterocycles. The minimum absolute atomic E-state index is 0.105. The molecule has 182 valence electrons. The number of nitrogens with one attached hydrogen (secondary N) is 1. The Morgan fingerprint density at radius 1 is 1.15 bits per heavy atom. The minimum Gasteiger partial charge on any atom is -0.406 e. The lowest BCUT2D eigenvalue weighted by Crippen LogP contribution is -2.33. The molecule has 3 rings (SSSR count). The summed E-state index contributed by atoms with van der Waals surface area (Å²) >= 11 is 0. The van der Waals surface area contributed by atoms with E-state index in [1.807, 2.05) is 31.2 Å². The number of ether oxygens (including phenoxy) is 1. The molecule has 0 unspecified atom stereocenters. The molecule has 0 saturated carbocycles. The smallest absolute Gasteiger partial charge is 0.406 e. The van der Waals surface area contributed by atoms with Crippen molar-refractivity contribution in [3.05, 3.63) is 66.7 Å². The first-order valence-corrected chi connectivity index (χ1v) is 11.5. The number of carbonyl (C=O) groups is 1. The van der Waals surface area contributed by atoms with E-state index < -0.39 is 22.1 Å². The zero-order valence-electron chi connectivity index (χ0n) is 18.2. The van der Waals surface area contributed by atoms with Gasteiger partial charge in [-0.3, -0.25) is 4.79 Å². The van der Waals surface area contributed by atoms with Gasteiger partial charge in [0.25, 0.3) is 0 Å². The molecule has 0 aliphatic rings. The highest BCUT2D eigenvalue weighted by Crippen LogP contribution is 2.24. The van der Waals surface area contributed by atoms with Gasteiger partial charge in [0.1, 0.15) is 18.4 Å². The fourth-order valence-electron chi connectivity index (χ4n) is 3.06. The first kappa shape index (κ1) is 25.2. The lowest BCUT2D eigenvalue weighted by molar-refractivity contribution is -0.274. The lowest BCUT2D eigenvalue weighted by Gasteiger charge is -2.25. The quantitative estimate of drug-likeness (QED) is 0.487. The molecule has 0 bridgehead atoms. The molecular weight excluding hydrogens is 475 g/mol. The molecule has 1 heterocycles. The molecule has 0 aliphatic carbocycles.